The number of rotatable bonds is 6. The molecule has 9 heteroatoms. The molecule has 1 aromatic heterocycles. The van der Waals surface area contributed by atoms with Gasteiger partial charge in [-0.25, -0.2) is 9.48 Å². The van der Waals surface area contributed by atoms with Gasteiger partial charge in [0.2, 0.25) is 0 Å². The largest absolute Gasteiger partial charge is 0.451 e. The van der Waals surface area contributed by atoms with Crippen molar-refractivity contribution in [2.45, 2.75) is 26.2 Å². The maximum Gasteiger partial charge on any atom is 0.359 e. The molecule has 0 saturated heterocycles. The van der Waals surface area contributed by atoms with Crippen molar-refractivity contribution in [3.63, 3.8) is 0 Å². The third kappa shape index (κ3) is 4.16. The first-order valence-electron chi connectivity index (χ1n) is 9.82. The molecular formula is C22H20N4O5. The number of hydrogen-bond acceptors (Lipinski definition) is 6. The Kier molecular flexibility index (Phi) is 5.48. The molecule has 1 heterocycles. The van der Waals surface area contributed by atoms with Crippen LogP contribution in [0.4, 0.5) is 11.4 Å². The maximum absolute atomic E-state index is 12.6. The molecular weight excluding hydrogens is 400 g/mol. The van der Waals surface area contributed by atoms with Gasteiger partial charge < -0.3 is 10.1 Å². The average Bonchev–Trinajstić information content (AvgIpc) is 3.37. The zero-order chi connectivity index (χ0) is 22.0. The van der Waals surface area contributed by atoms with Crippen LogP contribution in [0.3, 0.4) is 0 Å². The van der Waals surface area contributed by atoms with Crippen molar-refractivity contribution >= 4 is 23.3 Å². The molecule has 0 atom stereocenters. The summed E-state index contributed by atoms with van der Waals surface area (Å²) < 4.78 is 6.95. The number of anilines is 1. The molecule has 0 bridgehead atoms. The predicted molar refractivity (Wildman–Crippen MR) is 112 cm³/mol. The van der Waals surface area contributed by atoms with Gasteiger partial charge in [-0.2, -0.15) is 5.10 Å². The lowest BCUT2D eigenvalue weighted by atomic mass is 10.2. The molecule has 9 nitrogen and oxygen atoms in total. The Hall–Kier alpha value is -4.01. The first-order valence-corrected chi connectivity index (χ1v) is 9.82. The van der Waals surface area contributed by atoms with Crippen molar-refractivity contribution < 1.29 is 19.2 Å². The monoisotopic (exact) mass is 420 g/mol. The van der Waals surface area contributed by atoms with Crippen LogP contribution in [0, 0.1) is 17.0 Å². The minimum Gasteiger partial charge on any atom is -0.451 e. The number of nitro groups is 1. The number of non-ortho nitro benzene ring substituents is 1. The Morgan fingerprint density at radius 1 is 1.19 bits per heavy atom. The van der Waals surface area contributed by atoms with Crippen LogP contribution in [-0.4, -0.2) is 33.2 Å². The molecule has 0 fully saturated rings. The van der Waals surface area contributed by atoms with Gasteiger partial charge in [-0.05, 0) is 43.9 Å². The van der Waals surface area contributed by atoms with Crippen molar-refractivity contribution in [3.8, 4) is 5.69 Å². The van der Waals surface area contributed by atoms with E-state index in [0.29, 0.717) is 11.3 Å². The number of nitrogens with one attached hydrogen (secondary N) is 1. The summed E-state index contributed by atoms with van der Waals surface area (Å²) in [7, 11) is 0. The summed E-state index contributed by atoms with van der Waals surface area (Å²) in [4.78, 5) is 35.3. The van der Waals surface area contributed by atoms with Crippen LogP contribution < -0.4 is 5.32 Å². The topological polar surface area (TPSA) is 116 Å². The molecule has 1 aliphatic carbocycles. The number of carbonyl (C=O) groups is 2. The number of ether oxygens (including phenoxy) is 1. The minimum absolute atomic E-state index is 0.139. The molecule has 0 aliphatic heterocycles. The molecule has 0 radical (unpaired) electrons. The number of nitro benzene ring substituents is 1. The molecule has 3 aromatic rings. The van der Waals surface area contributed by atoms with Gasteiger partial charge in [0, 0.05) is 23.4 Å². The van der Waals surface area contributed by atoms with Gasteiger partial charge in [-0.3, -0.25) is 14.9 Å². The van der Waals surface area contributed by atoms with E-state index in [1.54, 1.807) is 17.7 Å². The minimum atomic E-state index is -0.668. The predicted octanol–water partition coefficient (Wildman–Crippen LogP) is 3.37. The van der Waals surface area contributed by atoms with Crippen LogP contribution in [0.2, 0.25) is 0 Å². The summed E-state index contributed by atoms with van der Waals surface area (Å²) in [6.07, 6.45) is 2.47. The summed E-state index contributed by atoms with van der Waals surface area (Å²) in [5.41, 5.74) is 3.72. The second-order valence-corrected chi connectivity index (χ2v) is 7.26. The van der Waals surface area contributed by atoms with Crippen LogP contribution in [0.5, 0.6) is 0 Å². The number of fused-ring (bicyclic) bond motifs is 1. The number of amides is 1. The Morgan fingerprint density at radius 3 is 2.71 bits per heavy atom. The van der Waals surface area contributed by atoms with Crippen molar-refractivity contribution in [2.24, 2.45) is 0 Å². The van der Waals surface area contributed by atoms with E-state index in [2.05, 4.69) is 10.4 Å². The van der Waals surface area contributed by atoms with E-state index in [4.69, 9.17) is 4.74 Å². The average molecular weight is 420 g/mol. The SMILES string of the molecule is Cc1ccc([N+](=O)[O-])cc1NC(=O)COC(=O)c1nn(-c2ccccc2)c2c1CCC2. The number of esters is 1. The van der Waals surface area contributed by atoms with Gasteiger partial charge in [0.05, 0.1) is 16.3 Å². The van der Waals surface area contributed by atoms with Gasteiger partial charge >= 0.3 is 5.97 Å². The molecule has 0 saturated carbocycles. The molecule has 1 N–H and O–H groups in total. The summed E-state index contributed by atoms with van der Waals surface area (Å²) in [6.45, 7) is 1.19. The van der Waals surface area contributed by atoms with E-state index >= 15 is 0 Å². The summed E-state index contributed by atoms with van der Waals surface area (Å²) >= 11 is 0. The summed E-state index contributed by atoms with van der Waals surface area (Å²) in [5.74, 6) is -1.25. The molecule has 158 valence electrons. The van der Waals surface area contributed by atoms with Gasteiger partial charge in [0.25, 0.3) is 11.6 Å². The van der Waals surface area contributed by atoms with Crippen LogP contribution in [-0.2, 0) is 22.4 Å². The number of aryl methyl sites for hydroxylation is 1. The van der Waals surface area contributed by atoms with Crippen molar-refractivity contribution in [1.82, 2.24) is 9.78 Å². The zero-order valence-electron chi connectivity index (χ0n) is 16.8. The zero-order valence-corrected chi connectivity index (χ0v) is 16.8. The highest BCUT2D eigenvalue weighted by Gasteiger charge is 2.28. The van der Waals surface area contributed by atoms with Crippen LogP contribution in [0.1, 0.15) is 33.7 Å². The van der Waals surface area contributed by atoms with Gasteiger partial charge in [-0.15, -0.1) is 0 Å². The summed E-state index contributed by atoms with van der Waals surface area (Å²) in [5, 5.41) is 17.9. The number of para-hydroxylation sites is 1. The van der Waals surface area contributed by atoms with Gasteiger partial charge in [0.15, 0.2) is 12.3 Å². The Morgan fingerprint density at radius 2 is 1.97 bits per heavy atom. The van der Waals surface area contributed by atoms with E-state index in [-0.39, 0.29) is 11.4 Å². The quantitative estimate of drug-likeness (QED) is 0.371. The fraction of sp³-hybridized carbons (Fsp3) is 0.227. The normalized spacial score (nSPS) is 12.3. The Bertz CT molecular complexity index is 1170. The maximum atomic E-state index is 12.6. The Balaban J connectivity index is 1.46. The number of hydrogen-bond donors (Lipinski definition) is 1. The first-order chi connectivity index (χ1) is 14.9. The molecule has 0 unspecified atom stereocenters. The molecule has 1 aliphatic rings. The number of nitrogens with zero attached hydrogens (tertiary/aromatic N) is 3. The fourth-order valence-corrected chi connectivity index (χ4v) is 3.63. The van der Waals surface area contributed by atoms with Gasteiger partial charge in [-0.1, -0.05) is 24.3 Å². The van der Waals surface area contributed by atoms with Crippen LogP contribution >= 0.6 is 0 Å². The highest BCUT2D eigenvalue weighted by molar-refractivity contribution is 5.96. The van der Waals surface area contributed by atoms with E-state index in [0.717, 1.165) is 36.2 Å². The third-order valence-corrected chi connectivity index (χ3v) is 5.16. The Labute approximate surface area is 177 Å². The number of carbonyl (C=O) groups excluding carboxylic acids is 2. The van der Waals surface area contributed by atoms with Crippen molar-refractivity contribution in [3.05, 3.63) is 81.2 Å². The lowest BCUT2D eigenvalue weighted by Gasteiger charge is -2.09. The molecule has 4 rings (SSSR count). The molecule has 31 heavy (non-hydrogen) atoms. The first kappa shape index (κ1) is 20.3. The standard InChI is InChI=1S/C22H20N4O5/c1-14-10-11-16(26(29)30)12-18(14)23-20(27)13-31-22(28)21-17-8-5-9-19(17)25(24-21)15-6-3-2-4-7-15/h2-4,6-7,10-12H,5,8-9,13H2,1H3,(H,23,27). The van der Waals surface area contributed by atoms with E-state index < -0.39 is 23.4 Å². The van der Waals surface area contributed by atoms with Crippen molar-refractivity contribution in [2.75, 3.05) is 11.9 Å². The van der Waals surface area contributed by atoms with Crippen LogP contribution in [0.15, 0.2) is 48.5 Å². The number of aromatic nitrogens is 2. The fourth-order valence-electron chi connectivity index (χ4n) is 3.63. The molecule has 2 aromatic carbocycles. The van der Waals surface area contributed by atoms with Gasteiger partial charge in [0.1, 0.15) is 0 Å². The highest BCUT2D eigenvalue weighted by atomic mass is 16.6. The van der Waals surface area contributed by atoms with Crippen LogP contribution in [0.25, 0.3) is 5.69 Å². The lowest BCUT2D eigenvalue weighted by molar-refractivity contribution is -0.384. The molecule has 0 spiro atoms. The smallest absolute Gasteiger partial charge is 0.359 e. The third-order valence-electron chi connectivity index (χ3n) is 5.16. The molecule has 1 amide bonds. The summed E-state index contributed by atoms with van der Waals surface area (Å²) in [6, 6.07) is 13.7. The van der Waals surface area contributed by atoms with E-state index in [1.165, 1.54) is 12.1 Å². The number of benzene rings is 2. The van der Waals surface area contributed by atoms with E-state index in [9.17, 15) is 19.7 Å². The van der Waals surface area contributed by atoms with Crippen molar-refractivity contribution in [1.29, 1.82) is 0 Å². The highest BCUT2D eigenvalue weighted by Crippen LogP contribution is 2.28. The second kappa shape index (κ2) is 8.39. The lowest BCUT2D eigenvalue weighted by Crippen LogP contribution is -2.22. The second-order valence-electron chi connectivity index (χ2n) is 7.26. The van der Waals surface area contributed by atoms with E-state index in [1.807, 2.05) is 30.3 Å².